The number of rotatable bonds is 7. The van der Waals surface area contributed by atoms with Gasteiger partial charge in [-0.15, -0.1) is 6.42 Å². The molecule has 0 aliphatic rings. The zero-order valence-corrected chi connectivity index (χ0v) is 19.6. The summed E-state index contributed by atoms with van der Waals surface area (Å²) in [5, 5.41) is 16.2. The van der Waals surface area contributed by atoms with E-state index in [0.29, 0.717) is 22.3 Å². The van der Waals surface area contributed by atoms with Gasteiger partial charge in [-0.3, -0.25) is 14.9 Å². The number of terminal acetylenes is 1. The van der Waals surface area contributed by atoms with Crippen molar-refractivity contribution in [3.63, 3.8) is 0 Å². The number of fused-ring (bicyclic) bond motifs is 1. The van der Waals surface area contributed by atoms with Crippen molar-refractivity contribution >= 4 is 50.3 Å². The molecular weight excluding hydrogens is 500 g/mol. The minimum Gasteiger partial charge on any atom is -0.473 e. The van der Waals surface area contributed by atoms with Gasteiger partial charge in [-0.05, 0) is 30.7 Å². The molecule has 2 aromatic carbocycles. The lowest BCUT2D eigenvalue weighted by Gasteiger charge is -2.14. The Bertz CT molecular complexity index is 1330. The highest BCUT2D eigenvalue weighted by Gasteiger charge is 2.21. The fourth-order valence-corrected chi connectivity index (χ4v) is 3.61. The van der Waals surface area contributed by atoms with Crippen molar-refractivity contribution in [2.75, 3.05) is 6.61 Å². The smallest absolute Gasteiger partial charge is 0.313 e. The standard InChI is InChI=1S/C22H18BrClN4O4/c1-4-8-32-20-17(24)9-14(10-19(20)28(30)31)12-25-27-21(13(3)5-2)26-18-7-6-15(23)11-16(18)22(27)29/h1,6-7,9-13H,5,8H2,2-3H3/t13-/m1/s1. The van der Waals surface area contributed by atoms with E-state index in [4.69, 9.17) is 22.8 Å². The Balaban J connectivity index is 2.15. The second-order valence-electron chi connectivity index (χ2n) is 6.90. The highest BCUT2D eigenvalue weighted by atomic mass is 79.9. The fourth-order valence-electron chi connectivity index (χ4n) is 2.97. The van der Waals surface area contributed by atoms with Crippen LogP contribution in [0.1, 0.15) is 37.6 Å². The van der Waals surface area contributed by atoms with E-state index >= 15 is 0 Å². The van der Waals surface area contributed by atoms with E-state index in [-0.39, 0.29) is 34.5 Å². The first-order chi connectivity index (χ1) is 15.3. The number of nitro benzene ring substituents is 1. The van der Waals surface area contributed by atoms with Gasteiger partial charge >= 0.3 is 5.69 Å². The summed E-state index contributed by atoms with van der Waals surface area (Å²) < 4.78 is 7.17. The average molecular weight is 518 g/mol. The summed E-state index contributed by atoms with van der Waals surface area (Å²) in [7, 11) is 0. The normalized spacial score (nSPS) is 12.1. The molecular formula is C22H18BrClN4O4. The van der Waals surface area contributed by atoms with Gasteiger partial charge in [0.25, 0.3) is 5.56 Å². The summed E-state index contributed by atoms with van der Waals surface area (Å²) in [4.78, 5) is 28.7. The third-order valence-electron chi connectivity index (χ3n) is 4.75. The molecule has 0 fully saturated rings. The Morgan fingerprint density at radius 1 is 1.44 bits per heavy atom. The first-order valence-corrected chi connectivity index (χ1v) is 10.7. The number of benzene rings is 2. The van der Waals surface area contributed by atoms with Crippen LogP contribution < -0.4 is 10.3 Å². The van der Waals surface area contributed by atoms with E-state index in [1.165, 1.54) is 23.0 Å². The van der Waals surface area contributed by atoms with Gasteiger partial charge in [0.05, 0.1) is 27.1 Å². The number of nitro groups is 1. The lowest BCUT2D eigenvalue weighted by molar-refractivity contribution is -0.385. The average Bonchev–Trinajstić information content (AvgIpc) is 2.77. The van der Waals surface area contributed by atoms with Crippen molar-refractivity contribution in [3.8, 4) is 18.1 Å². The van der Waals surface area contributed by atoms with E-state index in [1.807, 2.05) is 19.9 Å². The number of hydrogen-bond acceptors (Lipinski definition) is 6. The summed E-state index contributed by atoms with van der Waals surface area (Å²) in [5.41, 5.74) is 0.168. The molecule has 10 heteroatoms. The number of nitrogens with zero attached hydrogens (tertiary/aromatic N) is 4. The van der Waals surface area contributed by atoms with Crippen molar-refractivity contribution in [3.05, 3.63) is 71.7 Å². The number of ether oxygens (including phenoxy) is 1. The molecule has 0 N–H and O–H groups in total. The van der Waals surface area contributed by atoms with Gasteiger partial charge in [0, 0.05) is 22.0 Å². The van der Waals surface area contributed by atoms with Gasteiger partial charge in [0.15, 0.2) is 0 Å². The van der Waals surface area contributed by atoms with Gasteiger partial charge in [-0.1, -0.05) is 47.3 Å². The largest absolute Gasteiger partial charge is 0.473 e. The topological polar surface area (TPSA) is 99.6 Å². The maximum absolute atomic E-state index is 13.2. The van der Waals surface area contributed by atoms with Gasteiger partial charge in [-0.25, -0.2) is 4.98 Å². The Labute approximate surface area is 197 Å². The molecule has 3 aromatic rings. The van der Waals surface area contributed by atoms with Crippen molar-refractivity contribution in [2.24, 2.45) is 5.10 Å². The first-order valence-electron chi connectivity index (χ1n) is 9.57. The van der Waals surface area contributed by atoms with Crippen molar-refractivity contribution < 1.29 is 9.66 Å². The van der Waals surface area contributed by atoms with E-state index in [2.05, 4.69) is 31.9 Å². The Hall–Kier alpha value is -3.22. The van der Waals surface area contributed by atoms with Gasteiger partial charge in [0.2, 0.25) is 5.75 Å². The molecule has 32 heavy (non-hydrogen) atoms. The van der Waals surface area contributed by atoms with Crippen LogP contribution in [-0.2, 0) is 0 Å². The predicted molar refractivity (Wildman–Crippen MR) is 128 cm³/mol. The van der Waals surface area contributed by atoms with Crippen LogP contribution in [0.2, 0.25) is 5.02 Å². The molecule has 0 spiro atoms. The summed E-state index contributed by atoms with van der Waals surface area (Å²) in [6.07, 6.45) is 7.22. The van der Waals surface area contributed by atoms with Crippen LogP contribution in [0.5, 0.6) is 5.75 Å². The zero-order chi connectivity index (χ0) is 23.4. The Morgan fingerprint density at radius 3 is 2.84 bits per heavy atom. The van der Waals surface area contributed by atoms with Crippen molar-refractivity contribution in [2.45, 2.75) is 26.2 Å². The van der Waals surface area contributed by atoms with Gasteiger partial charge in [-0.2, -0.15) is 9.78 Å². The molecule has 0 bridgehead atoms. The van der Waals surface area contributed by atoms with E-state index in [0.717, 1.165) is 10.9 Å². The van der Waals surface area contributed by atoms with E-state index in [9.17, 15) is 14.9 Å². The molecule has 0 amide bonds. The molecule has 164 valence electrons. The summed E-state index contributed by atoms with van der Waals surface area (Å²) >= 11 is 9.55. The molecule has 0 aliphatic heterocycles. The third kappa shape index (κ3) is 4.82. The first kappa shape index (κ1) is 23.4. The van der Waals surface area contributed by atoms with Crippen LogP contribution in [0.15, 0.2) is 44.7 Å². The lowest BCUT2D eigenvalue weighted by Crippen LogP contribution is -2.23. The van der Waals surface area contributed by atoms with Crippen molar-refractivity contribution in [1.29, 1.82) is 0 Å². The van der Waals surface area contributed by atoms with Crippen LogP contribution in [0.25, 0.3) is 10.9 Å². The molecule has 0 saturated carbocycles. The molecule has 0 saturated heterocycles. The second-order valence-corrected chi connectivity index (χ2v) is 8.23. The molecule has 8 nitrogen and oxygen atoms in total. The monoisotopic (exact) mass is 516 g/mol. The molecule has 1 heterocycles. The molecule has 1 atom stereocenters. The Kier molecular flexibility index (Phi) is 7.28. The molecule has 0 aliphatic carbocycles. The maximum Gasteiger partial charge on any atom is 0.313 e. The summed E-state index contributed by atoms with van der Waals surface area (Å²) in [6, 6.07) is 7.95. The zero-order valence-electron chi connectivity index (χ0n) is 17.2. The molecule has 0 unspecified atom stereocenters. The maximum atomic E-state index is 13.2. The number of hydrogen-bond donors (Lipinski definition) is 0. The molecule has 0 radical (unpaired) electrons. The van der Waals surface area contributed by atoms with Crippen LogP contribution in [0.3, 0.4) is 0 Å². The van der Waals surface area contributed by atoms with Crippen LogP contribution in [0.4, 0.5) is 5.69 Å². The van der Waals surface area contributed by atoms with Crippen LogP contribution >= 0.6 is 27.5 Å². The second kappa shape index (κ2) is 9.94. The van der Waals surface area contributed by atoms with Crippen LogP contribution in [-0.4, -0.2) is 27.4 Å². The number of aromatic nitrogens is 2. The van der Waals surface area contributed by atoms with Gasteiger partial charge < -0.3 is 4.74 Å². The predicted octanol–water partition coefficient (Wildman–Crippen LogP) is 5.13. The highest BCUT2D eigenvalue weighted by Crippen LogP contribution is 2.35. The SMILES string of the molecule is C#CCOc1c(Cl)cc(C=Nn2c([C@H](C)CC)nc3ccc(Br)cc3c2=O)cc1[N+](=O)[O-]. The van der Waals surface area contributed by atoms with Crippen LogP contribution in [0, 0.1) is 22.5 Å². The minimum absolute atomic E-state index is 0.00552. The van der Waals surface area contributed by atoms with Crippen molar-refractivity contribution in [1.82, 2.24) is 9.66 Å². The Morgan fingerprint density at radius 2 is 2.19 bits per heavy atom. The third-order valence-corrected chi connectivity index (χ3v) is 5.53. The highest BCUT2D eigenvalue weighted by molar-refractivity contribution is 9.10. The molecule has 1 aromatic heterocycles. The lowest BCUT2D eigenvalue weighted by atomic mass is 10.1. The molecule has 3 rings (SSSR count). The summed E-state index contributed by atoms with van der Waals surface area (Å²) in [5.74, 6) is 2.55. The minimum atomic E-state index is -0.624. The quantitative estimate of drug-likeness (QED) is 0.187. The van der Waals surface area contributed by atoms with Gasteiger partial charge in [0.1, 0.15) is 12.4 Å². The van der Waals surface area contributed by atoms with E-state index < -0.39 is 4.92 Å². The van der Waals surface area contributed by atoms with E-state index in [1.54, 1.807) is 12.1 Å². The number of halogens is 2. The fraction of sp³-hybridized carbons (Fsp3) is 0.227. The summed E-state index contributed by atoms with van der Waals surface area (Å²) in [6.45, 7) is 3.76.